The normalized spacial score (nSPS) is 11.5. The number of amides is 3. The lowest BCUT2D eigenvalue weighted by Gasteiger charge is -2.27. The van der Waals surface area contributed by atoms with Crippen molar-refractivity contribution >= 4 is 17.7 Å². The second-order valence-electron chi connectivity index (χ2n) is 24.2. The highest BCUT2D eigenvalue weighted by Crippen LogP contribution is 2.16. The maximum absolute atomic E-state index is 12.7. The van der Waals surface area contributed by atoms with Gasteiger partial charge in [-0.2, -0.15) is 0 Å². The molecule has 0 radical (unpaired) electrons. The van der Waals surface area contributed by atoms with E-state index in [9.17, 15) is 19.5 Å². The fraction of sp³-hybridized carbons (Fsp3) is 0.957. The van der Waals surface area contributed by atoms with Crippen molar-refractivity contribution in [2.45, 2.75) is 317 Å². The minimum atomic E-state index is 0.0989. The van der Waals surface area contributed by atoms with Gasteiger partial charge in [-0.15, -0.1) is 0 Å². The summed E-state index contributed by atoms with van der Waals surface area (Å²) in [6.45, 7) is 19.6. The molecule has 0 unspecified atom stereocenters. The van der Waals surface area contributed by atoms with Crippen LogP contribution in [0.4, 0.5) is 0 Å². The molecule has 0 fully saturated rings. The van der Waals surface area contributed by atoms with Crippen molar-refractivity contribution in [3.05, 3.63) is 0 Å². The summed E-state index contributed by atoms with van der Waals surface area (Å²) in [5.41, 5.74) is 0. The summed E-state index contributed by atoms with van der Waals surface area (Å²) >= 11 is 0. The summed E-state index contributed by atoms with van der Waals surface area (Å²) in [6.07, 6.45) is 57.4. The van der Waals surface area contributed by atoms with Gasteiger partial charge in [0.05, 0.1) is 19.8 Å². The molecule has 3 amide bonds. The summed E-state index contributed by atoms with van der Waals surface area (Å²) in [5.74, 6) is 0.342. The summed E-state index contributed by atoms with van der Waals surface area (Å²) in [6, 6.07) is 0. The standard InChI is InChI=1S/C44H90N4O3.C25H53N3O3/c1-4-7-9-11-13-15-17-19-21-23-25-27-29-31-35-46-44(51)33-38-48(40-39-47(36-6-3)41-42-49)37-32-43(50)45-34-30-28-26-24-22-20-18-16-14-12-10-8-5-2;1-2-3-4-5-6-7-8-9-10-11-12-13-14-15-17-27-25(31)16-18-26-19-20-28(21-23-29)22-24-30/h49H,4-42H2,1-3H3,(H,45,50)(H,46,51);26,29-30H,2-24H2,1H3,(H,27,31). The molecule has 0 aliphatic rings. The molecule has 0 aliphatic heterocycles. The first-order valence-corrected chi connectivity index (χ1v) is 35.8. The van der Waals surface area contributed by atoms with Gasteiger partial charge in [-0.3, -0.25) is 24.2 Å². The van der Waals surface area contributed by atoms with E-state index in [0.717, 1.165) is 78.0 Å². The highest BCUT2D eigenvalue weighted by Gasteiger charge is 2.14. The van der Waals surface area contributed by atoms with Gasteiger partial charge in [-0.05, 0) is 32.2 Å². The summed E-state index contributed by atoms with van der Waals surface area (Å²) in [4.78, 5) is 43.7. The lowest BCUT2D eigenvalue weighted by Crippen LogP contribution is -2.40. The van der Waals surface area contributed by atoms with Crippen LogP contribution >= 0.6 is 0 Å². The Bertz CT molecular complexity index is 1260. The van der Waals surface area contributed by atoms with Gasteiger partial charge < -0.3 is 41.5 Å². The van der Waals surface area contributed by atoms with Crippen LogP contribution in [0.5, 0.6) is 0 Å². The maximum atomic E-state index is 12.7. The van der Waals surface area contributed by atoms with E-state index >= 15 is 0 Å². The Hall–Kier alpha value is -1.87. The number of carbonyl (C=O) groups excluding carboxylic acids is 3. The molecule has 0 aromatic rings. The largest absolute Gasteiger partial charge is 0.395 e. The SMILES string of the molecule is CCCCCCCCCCCCCCCCNC(=O)CCN(CCC(=O)NCCCCCCCCCCCCCCC)CCN(CCC)CCO.CCCCCCCCCCCCCCCCNC(=O)CCNCCN(CCO)CCO. The fourth-order valence-electron chi connectivity index (χ4n) is 10.8. The van der Waals surface area contributed by atoms with Gasteiger partial charge in [0.2, 0.25) is 17.7 Å². The molecule has 7 N–H and O–H groups in total. The van der Waals surface area contributed by atoms with Crippen LogP contribution in [0, 0.1) is 0 Å². The van der Waals surface area contributed by atoms with E-state index in [1.807, 2.05) is 4.90 Å². The molecule has 490 valence electrons. The van der Waals surface area contributed by atoms with Gasteiger partial charge in [0.1, 0.15) is 0 Å². The lowest BCUT2D eigenvalue weighted by atomic mass is 10.0. The molecule has 0 aromatic carbocycles. The average Bonchev–Trinajstić information content (AvgIpc) is 3.47. The molecular weight excluding hydrogens is 1020 g/mol. The number of unbranched alkanes of at least 4 members (excludes halogenated alkanes) is 38. The molecular formula is C69H143N7O6. The van der Waals surface area contributed by atoms with Gasteiger partial charge in [-0.1, -0.05) is 272 Å². The van der Waals surface area contributed by atoms with Gasteiger partial charge in [-0.25, -0.2) is 0 Å². The van der Waals surface area contributed by atoms with E-state index in [4.69, 9.17) is 10.2 Å². The van der Waals surface area contributed by atoms with Crippen LogP contribution < -0.4 is 21.3 Å². The molecule has 0 atom stereocenters. The minimum Gasteiger partial charge on any atom is -0.395 e. The molecule has 0 saturated heterocycles. The molecule has 0 saturated carbocycles. The number of nitrogens with zero attached hydrogens (tertiary/aromatic N) is 3. The summed E-state index contributed by atoms with van der Waals surface area (Å²) < 4.78 is 0. The Kier molecular flexibility index (Phi) is 71.8. The van der Waals surface area contributed by atoms with Crippen molar-refractivity contribution in [1.29, 1.82) is 0 Å². The second-order valence-corrected chi connectivity index (χ2v) is 24.2. The van der Waals surface area contributed by atoms with Crippen molar-refractivity contribution in [1.82, 2.24) is 36.0 Å². The molecule has 0 spiro atoms. The highest BCUT2D eigenvalue weighted by atomic mass is 16.3. The van der Waals surface area contributed by atoms with E-state index in [0.29, 0.717) is 58.5 Å². The van der Waals surface area contributed by atoms with Crippen molar-refractivity contribution in [3.8, 4) is 0 Å². The number of hydrogen-bond donors (Lipinski definition) is 7. The first-order valence-electron chi connectivity index (χ1n) is 35.8. The Morgan fingerprint density at radius 1 is 0.244 bits per heavy atom. The zero-order valence-corrected chi connectivity index (χ0v) is 55.2. The molecule has 13 heteroatoms. The van der Waals surface area contributed by atoms with E-state index in [-0.39, 0.29) is 37.5 Å². The Balaban J connectivity index is 0. The summed E-state index contributed by atoms with van der Waals surface area (Å²) in [5, 5.41) is 39.9. The van der Waals surface area contributed by atoms with E-state index in [1.165, 1.54) is 244 Å². The minimum absolute atomic E-state index is 0.0989. The number of hydrogen-bond acceptors (Lipinski definition) is 10. The Morgan fingerprint density at radius 2 is 0.488 bits per heavy atom. The second kappa shape index (κ2) is 71.6. The zero-order chi connectivity index (χ0) is 60.1. The van der Waals surface area contributed by atoms with E-state index in [2.05, 4.69) is 58.8 Å². The van der Waals surface area contributed by atoms with E-state index < -0.39 is 0 Å². The van der Waals surface area contributed by atoms with Gasteiger partial charge in [0, 0.05) is 104 Å². The number of aliphatic hydroxyl groups is 3. The number of carbonyl (C=O) groups is 3. The topological polar surface area (TPSA) is 170 Å². The predicted octanol–water partition coefficient (Wildman–Crippen LogP) is 14.4. The van der Waals surface area contributed by atoms with Crippen LogP contribution in [0.25, 0.3) is 0 Å². The molecule has 0 bridgehead atoms. The predicted molar refractivity (Wildman–Crippen MR) is 353 cm³/mol. The van der Waals surface area contributed by atoms with Crippen LogP contribution in [0.15, 0.2) is 0 Å². The Labute approximate surface area is 509 Å². The first kappa shape index (κ1) is 82.2. The maximum Gasteiger partial charge on any atom is 0.221 e. The molecule has 82 heavy (non-hydrogen) atoms. The van der Waals surface area contributed by atoms with E-state index in [1.54, 1.807) is 0 Å². The quantitative estimate of drug-likeness (QED) is 0.0291. The van der Waals surface area contributed by atoms with Crippen LogP contribution in [-0.2, 0) is 14.4 Å². The van der Waals surface area contributed by atoms with Crippen LogP contribution in [0.2, 0.25) is 0 Å². The van der Waals surface area contributed by atoms with Crippen molar-refractivity contribution in [3.63, 3.8) is 0 Å². The molecule has 0 heterocycles. The third-order valence-electron chi connectivity index (χ3n) is 16.3. The average molecular weight is 1170 g/mol. The van der Waals surface area contributed by atoms with Crippen molar-refractivity contribution in [2.24, 2.45) is 0 Å². The van der Waals surface area contributed by atoms with Crippen molar-refractivity contribution in [2.75, 3.05) is 111 Å². The first-order chi connectivity index (χ1) is 40.3. The monoisotopic (exact) mass is 1170 g/mol. The van der Waals surface area contributed by atoms with Gasteiger partial charge in [0.15, 0.2) is 0 Å². The van der Waals surface area contributed by atoms with Crippen LogP contribution in [-0.4, -0.2) is 159 Å². The Morgan fingerprint density at radius 3 is 0.756 bits per heavy atom. The number of aliphatic hydroxyl groups excluding tert-OH is 3. The molecule has 0 aliphatic carbocycles. The van der Waals surface area contributed by atoms with Gasteiger partial charge >= 0.3 is 0 Å². The third kappa shape index (κ3) is 67.3. The van der Waals surface area contributed by atoms with Gasteiger partial charge in [0.25, 0.3) is 0 Å². The fourth-order valence-corrected chi connectivity index (χ4v) is 10.8. The van der Waals surface area contributed by atoms with Crippen molar-refractivity contribution < 1.29 is 29.7 Å². The highest BCUT2D eigenvalue weighted by molar-refractivity contribution is 5.77. The smallest absolute Gasteiger partial charge is 0.221 e. The molecule has 0 rings (SSSR count). The molecule has 13 nitrogen and oxygen atoms in total. The third-order valence-corrected chi connectivity index (χ3v) is 16.3. The zero-order valence-electron chi connectivity index (χ0n) is 55.2. The number of rotatable bonds is 67. The summed E-state index contributed by atoms with van der Waals surface area (Å²) in [7, 11) is 0. The number of nitrogens with one attached hydrogen (secondary N) is 4. The lowest BCUT2D eigenvalue weighted by molar-refractivity contribution is -0.122. The van der Waals surface area contributed by atoms with Crippen LogP contribution in [0.3, 0.4) is 0 Å². The molecule has 0 aromatic heterocycles. The van der Waals surface area contributed by atoms with Crippen LogP contribution in [0.1, 0.15) is 317 Å².